The zero-order valence-corrected chi connectivity index (χ0v) is 16.5. The Balaban J connectivity index is 1.44. The Morgan fingerprint density at radius 2 is 1.59 bits per heavy atom. The smallest absolute Gasteiger partial charge is 0.224 e. The monoisotopic (exact) mass is 376 g/mol. The van der Waals surface area contributed by atoms with Crippen LogP contribution in [0.15, 0.2) is 30.3 Å². The van der Waals surface area contributed by atoms with Crippen LogP contribution in [-0.2, 0) is 30.3 Å². The van der Waals surface area contributed by atoms with Gasteiger partial charge in [0.15, 0.2) is 0 Å². The summed E-state index contributed by atoms with van der Waals surface area (Å²) in [7, 11) is 0. The van der Waals surface area contributed by atoms with Gasteiger partial charge >= 0.3 is 0 Å². The van der Waals surface area contributed by atoms with Crippen molar-refractivity contribution in [1.29, 1.82) is 0 Å². The first kappa shape index (κ1) is 19.3. The van der Waals surface area contributed by atoms with Crippen LogP contribution in [0.3, 0.4) is 0 Å². The minimum Gasteiger partial charge on any atom is -0.374 e. The highest BCUT2D eigenvalue weighted by atomic mass is 16.8. The van der Waals surface area contributed by atoms with Crippen LogP contribution in [-0.4, -0.2) is 43.1 Å². The number of ether oxygens (including phenoxy) is 5. The van der Waals surface area contributed by atoms with Gasteiger partial charge in [0, 0.05) is 12.8 Å². The van der Waals surface area contributed by atoms with E-state index in [0.29, 0.717) is 19.8 Å². The molecule has 1 aromatic carbocycles. The van der Waals surface area contributed by atoms with Gasteiger partial charge in [-0.3, -0.25) is 0 Å². The molecule has 3 heterocycles. The Morgan fingerprint density at radius 1 is 0.926 bits per heavy atom. The largest absolute Gasteiger partial charge is 0.374 e. The molecule has 27 heavy (non-hydrogen) atoms. The SMILES string of the molecule is C[C@H]1CCC[C@]2(OC[C@H](COCc3ccccc3)O[C@]23CCC[C@H](C)O3)O1. The van der Waals surface area contributed by atoms with E-state index < -0.39 is 11.6 Å². The topological polar surface area (TPSA) is 46.2 Å². The molecule has 0 unspecified atom stereocenters. The maximum Gasteiger partial charge on any atom is 0.224 e. The second-order valence-corrected chi connectivity index (χ2v) is 8.20. The molecule has 0 saturated carbocycles. The predicted octanol–water partition coefficient (Wildman–Crippen LogP) is 4.19. The number of hydrogen-bond donors (Lipinski definition) is 0. The minimum absolute atomic E-state index is 0.143. The van der Waals surface area contributed by atoms with E-state index in [0.717, 1.165) is 44.1 Å². The minimum atomic E-state index is -0.821. The molecule has 5 atom stereocenters. The first-order valence-corrected chi connectivity index (χ1v) is 10.4. The van der Waals surface area contributed by atoms with Crippen molar-refractivity contribution in [2.45, 2.75) is 88.9 Å². The van der Waals surface area contributed by atoms with Gasteiger partial charge in [-0.1, -0.05) is 30.3 Å². The van der Waals surface area contributed by atoms with Crippen LogP contribution in [0, 0.1) is 0 Å². The zero-order valence-electron chi connectivity index (χ0n) is 16.5. The van der Waals surface area contributed by atoms with Crippen molar-refractivity contribution in [2.24, 2.45) is 0 Å². The van der Waals surface area contributed by atoms with Crippen LogP contribution in [0.5, 0.6) is 0 Å². The van der Waals surface area contributed by atoms with Gasteiger partial charge in [-0.15, -0.1) is 0 Å². The molecule has 4 rings (SSSR count). The summed E-state index contributed by atoms with van der Waals surface area (Å²) in [6.45, 7) is 5.75. The highest BCUT2D eigenvalue weighted by Crippen LogP contribution is 2.49. The van der Waals surface area contributed by atoms with E-state index in [4.69, 9.17) is 23.7 Å². The molecule has 150 valence electrons. The van der Waals surface area contributed by atoms with Crippen molar-refractivity contribution in [3.8, 4) is 0 Å². The van der Waals surface area contributed by atoms with Gasteiger partial charge in [0.1, 0.15) is 6.10 Å². The van der Waals surface area contributed by atoms with Gasteiger partial charge in [-0.05, 0) is 45.1 Å². The summed E-state index contributed by atoms with van der Waals surface area (Å²) >= 11 is 0. The van der Waals surface area contributed by atoms with Gasteiger partial charge < -0.3 is 23.7 Å². The van der Waals surface area contributed by atoms with Gasteiger partial charge in [-0.2, -0.15) is 0 Å². The van der Waals surface area contributed by atoms with E-state index in [1.165, 1.54) is 0 Å². The standard InChI is InChI=1S/C22H32O5/c1-17-8-6-12-21(25-17)22(13-7-9-18(2)26-22)27-20(16-24-21)15-23-14-19-10-4-3-5-11-19/h3-5,10-11,17-18,20H,6-9,12-16H2,1-2H3/t17-,18-,20-,21-,22+/m0/s1. The van der Waals surface area contributed by atoms with Crippen molar-refractivity contribution >= 4 is 0 Å². The molecule has 3 aliphatic rings. The van der Waals surface area contributed by atoms with E-state index in [2.05, 4.69) is 26.0 Å². The van der Waals surface area contributed by atoms with Gasteiger partial charge in [0.2, 0.25) is 11.6 Å². The lowest BCUT2D eigenvalue weighted by Crippen LogP contribution is -2.69. The van der Waals surface area contributed by atoms with Crippen LogP contribution in [0.25, 0.3) is 0 Å². The van der Waals surface area contributed by atoms with Gasteiger partial charge in [-0.25, -0.2) is 0 Å². The first-order chi connectivity index (χ1) is 13.1. The lowest BCUT2D eigenvalue weighted by molar-refractivity contribution is -0.481. The highest BCUT2D eigenvalue weighted by molar-refractivity contribution is 5.13. The summed E-state index contributed by atoms with van der Waals surface area (Å²) in [6.07, 6.45) is 6.01. The van der Waals surface area contributed by atoms with E-state index in [1.54, 1.807) is 0 Å². The fraction of sp³-hybridized carbons (Fsp3) is 0.727. The van der Waals surface area contributed by atoms with Crippen molar-refractivity contribution in [2.75, 3.05) is 13.2 Å². The van der Waals surface area contributed by atoms with Crippen molar-refractivity contribution in [3.63, 3.8) is 0 Å². The average Bonchev–Trinajstić information content (AvgIpc) is 2.66. The van der Waals surface area contributed by atoms with Gasteiger partial charge in [0.05, 0.1) is 32.0 Å². The Bertz CT molecular complexity index is 608. The summed E-state index contributed by atoms with van der Waals surface area (Å²) < 4.78 is 31.7. The quantitative estimate of drug-likeness (QED) is 0.788. The molecule has 3 saturated heterocycles. The van der Waals surface area contributed by atoms with E-state index >= 15 is 0 Å². The molecular weight excluding hydrogens is 344 g/mol. The van der Waals surface area contributed by atoms with Gasteiger partial charge in [0.25, 0.3) is 0 Å². The first-order valence-electron chi connectivity index (χ1n) is 10.4. The number of hydrogen-bond acceptors (Lipinski definition) is 5. The number of rotatable bonds is 4. The molecule has 0 aliphatic carbocycles. The summed E-state index contributed by atoms with van der Waals surface area (Å²) in [6, 6.07) is 10.2. The second-order valence-electron chi connectivity index (χ2n) is 8.20. The highest BCUT2D eigenvalue weighted by Gasteiger charge is 2.62. The lowest BCUT2D eigenvalue weighted by Gasteiger charge is -2.57. The maximum absolute atomic E-state index is 6.57. The van der Waals surface area contributed by atoms with Crippen molar-refractivity contribution in [1.82, 2.24) is 0 Å². The van der Waals surface area contributed by atoms with Crippen molar-refractivity contribution < 1.29 is 23.7 Å². The summed E-state index contributed by atoms with van der Waals surface area (Å²) in [4.78, 5) is 0. The summed E-state index contributed by atoms with van der Waals surface area (Å²) in [5.74, 6) is -1.60. The average molecular weight is 376 g/mol. The number of benzene rings is 1. The molecule has 0 amide bonds. The molecule has 3 fully saturated rings. The third-order valence-electron chi connectivity index (χ3n) is 5.87. The van der Waals surface area contributed by atoms with Crippen LogP contribution in [0.4, 0.5) is 0 Å². The predicted molar refractivity (Wildman–Crippen MR) is 101 cm³/mol. The molecule has 5 nitrogen and oxygen atoms in total. The van der Waals surface area contributed by atoms with E-state index in [9.17, 15) is 0 Å². The molecule has 0 N–H and O–H groups in total. The van der Waals surface area contributed by atoms with Crippen LogP contribution in [0.2, 0.25) is 0 Å². The Hall–Kier alpha value is -0.980. The Labute approximate surface area is 162 Å². The van der Waals surface area contributed by atoms with Crippen LogP contribution < -0.4 is 0 Å². The normalized spacial score (nSPS) is 39.7. The molecule has 5 heteroatoms. The van der Waals surface area contributed by atoms with Crippen molar-refractivity contribution in [3.05, 3.63) is 35.9 Å². The molecule has 3 aliphatic heterocycles. The van der Waals surface area contributed by atoms with Crippen LogP contribution >= 0.6 is 0 Å². The summed E-state index contributed by atoms with van der Waals surface area (Å²) in [5, 5.41) is 0. The Kier molecular flexibility index (Phi) is 5.86. The van der Waals surface area contributed by atoms with Crippen LogP contribution in [0.1, 0.15) is 57.9 Å². The maximum atomic E-state index is 6.57. The van der Waals surface area contributed by atoms with E-state index in [-0.39, 0.29) is 18.3 Å². The molecule has 0 aromatic heterocycles. The third-order valence-corrected chi connectivity index (χ3v) is 5.87. The zero-order chi connectivity index (χ0) is 18.7. The summed E-state index contributed by atoms with van der Waals surface area (Å²) in [5.41, 5.74) is 1.16. The second kappa shape index (κ2) is 8.18. The fourth-order valence-electron chi connectivity index (χ4n) is 4.58. The lowest BCUT2D eigenvalue weighted by atomic mass is 9.87. The third kappa shape index (κ3) is 4.08. The fourth-order valence-corrected chi connectivity index (χ4v) is 4.58. The Morgan fingerprint density at radius 3 is 2.30 bits per heavy atom. The molecule has 0 radical (unpaired) electrons. The molecular formula is C22H32O5. The molecule has 0 bridgehead atoms. The number of fused-ring (bicyclic) bond motifs is 1. The molecule has 1 aromatic rings. The molecule has 2 spiro atoms. The van der Waals surface area contributed by atoms with E-state index in [1.807, 2.05) is 18.2 Å².